The smallest absolute Gasteiger partial charge is 0.422 e. The summed E-state index contributed by atoms with van der Waals surface area (Å²) in [6.07, 6.45) is -1.49. The standard InChI is InChI=1S/C17H17ClF3N3O3/c1-9-23-15(24-27-9)16(2,10-3-4-10)6-13(25)12-5-14(11(18)7-22-12)26-8-17(19,20)21/h5,7,10H,3-4,6,8H2,1-2H3/t16-/m0/s1. The largest absolute Gasteiger partial charge is 0.482 e. The van der Waals surface area contributed by atoms with Crippen LogP contribution in [0.4, 0.5) is 13.2 Å². The number of ketones is 1. The number of halogens is 4. The van der Waals surface area contributed by atoms with Gasteiger partial charge in [0.25, 0.3) is 0 Å². The minimum atomic E-state index is -4.52. The second-order valence-electron chi connectivity index (χ2n) is 6.83. The normalized spacial score (nSPS) is 16.8. The third kappa shape index (κ3) is 4.58. The Morgan fingerprint density at radius 2 is 2.11 bits per heavy atom. The van der Waals surface area contributed by atoms with Gasteiger partial charge in [0.05, 0.1) is 6.20 Å². The van der Waals surface area contributed by atoms with Crippen molar-refractivity contribution in [1.29, 1.82) is 0 Å². The van der Waals surface area contributed by atoms with Crippen LogP contribution >= 0.6 is 11.6 Å². The van der Waals surface area contributed by atoms with Crippen molar-refractivity contribution in [1.82, 2.24) is 15.1 Å². The van der Waals surface area contributed by atoms with Crippen LogP contribution in [0.25, 0.3) is 0 Å². The molecule has 0 unspecified atom stereocenters. The Morgan fingerprint density at radius 1 is 1.41 bits per heavy atom. The molecule has 1 saturated carbocycles. The first-order chi connectivity index (χ1) is 12.6. The molecule has 3 rings (SSSR count). The predicted molar refractivity (Wildman–Crippen MR) is 88.9 cm³/mol. The van der Waals surface area contributed by atoms with Gasteiger partial charge in [-0.1, -0.05) is 23.7 Å². The predicted octanol–water partition coefficient (Wildman–Crippen LogP) is 4.31. The summed E-state index contributed by atoms with van der Waals surface area (Å²) in [5.41, 5.74) is -0.660. The van der Waals surface area contributed by atoms with Gasteiger partial charge in [-0.25, -0.2) is 0 Å². The molecule has 1 fully saturated rings. The number of carbonyl (C=O) groups is 1. The van der Waals surface area contributed by atoms with E-state index in [9.17, 15) is 18.0 Å². The van der Waals surface area contributed by atoms with E-state index < -0.39 is 18.2 Å². The molecule has 27 heavy (non-hydrogen) atoms. The zero-order valence-corrected chi connectivity index (χ0v) is 15.4. The van der Waals surface area contributed by atoms with Gasteiger partial charge in [0.15, 0.2) is 18.2 Å². The molecule has 1 aliphatic carbocycles. The average Bonchev–Trinajstić information content (AvgIpc) is 3.35. The molecule has 0 N–H and O–H groups in total. The molecule has 146 valence electrons. The van der Waals surface area contributed by atoms with Crippen LogP contribution in [-0.2, 0) is 5.41 Å². The number of rotatable bonds is 7. The van der Waals surface area contributed by atoms with Gasteiger partial charge < -0.3 is 9.26 Å². The summed E-state index contributed by atoms with van der Waals surface area (Å²) >= 11 is 5.82. The van der Waals surface area contributed by atoms with E-state index in [-0.39, 0.29) is 34.6 Å². The Balaban J connectivity index is 1.80. The lowest BCUT2D eigenvalue weighted by Crippen LogP contribution is -2.30. The van der Waals surface area contributed by atoms with Crippen molar-refractivity contribution in [3.63, 3.8) is 0 Å². The van der Waals surface area contributed by atoms with E-state index in [0.717, 1.165) is 25.1 Å². The number of alkyl halides is 3. The van der Waals surface area contributed by atoms with Gasteiger partial charge in [0, 0.05) is 24.8 Å². The zero-order valence-electron chi connectivity index (χ0n) is 14.6. The van der Waals surface area contributed by atoms with Crippen molar-refractivity contribution in [2.75, 3.05) is 6.61 Å². The molecular weight excluding hydrogens is 387 g/mol. The van der Waals surface area contributed by atoms with E-state index in [0.29, 0.717) is 11.7 Å². The highest BCUT2D eigenvalue weighted by molar-refractivity contribution is 6.32. The van der Waals surface area contributed by atoms with Gasteiger partial charge in [-0.15, -0.1) is 0 Å². The van der Waals surface area contributed by atoms with E-state index in [1.54, 1.807) is 6.92 Å². The van der Waals surface area contributed by atoms with Gasteiger partial charge in [-0.3, -0.25) is 9.78 Å². The molecule has 10 heteroatoms. The number of pyridine rings is 1. The SMILES string of the molecule is Cc1nc([C@@](C)(CC(=O)c2cc(OCC(F)(F)F)c(Cl)cn2)C2CC2)no1. The van der Waals surface area contributed by atoms with E-state index in [1.807, 2.05) is 6.92 Å². The fraction of sp³-hybridized carbons (Fsp3) is 0.529. The maximum absolute atomic E-state index is 12.8. The molecule has 1 atom stereocenters. The first-order valence-electron chi connectivity index (χ1n) is 8.27. The van der Waals surface area contributed by atoms with Gasteiger partial charge in [0.1, 0.15) is 16.5 Å². The summed E-state index contributed by atoms with van der Waals surface area (Å²) in [7, 11) is 0. The van der Waals surface area contributed by atoms with E-state index in [1.165, 1.54) is 0 Å². The van der Waals surface area contributed by atoms with Crippen molar-refractivity contribution in [3.8, 4) is 5.75 Å². The van der Waals surface area contributed by atoms with Gasteiger partial charge >= 0.3 is 6.18 Å². The number of nitrogens with zero attached hydrogens (tertiary/aromatic N) is 3. The average molecular weight is 404 g/mol. The third-order valence-corrected chi connectivity index (χ3v) is 4.83. The molecular formula is C17H17ClF3N3O3. The van der Waals surface area contributed by atoms with Crippen molar-refractivity contribution in [2.24, 2.45) is 5.92 Å². The molecule has 0 saturated heterocycles. The van der Waals surface area contributed by atoms with Crippen LogP contribution in [0.3, 0.4) is 0 Å². The first-order valence-corrected chi connectivity index (χ1v) is 8.65. The lowest BCUT2D eigenvalue weighted by atomic mass is 9.78. The Morgan fingerprint density at radius 3 is 2.67 bits per heavy atom. The minimum Gasteiger partial charge on any atom is -0.482 e. The molecule has 6 nitrogen and oxygen atoms in total. The summed E-state index contributed by atoms with van der Waals surface area (Å²) in [5.74, 6) is 0.470. The lowest BCUT2D eigenvalue weighted by molar-refractivity contribution is -0.153. The number of aryl methyl sites for hydroxylation is 1. The van der Waals surface area contributed by atoms with Crippen LogP contribution in [0, 0.1) is 12.8 Å². The summed E-state index contributed by atoms with van der Waals surface area (Å²) < 4.78 is 46.8. The molecule has 0 aromatic carbocycles. The van der Waals surface area contributed by atoms with Crippen LogP contribution in [0.5, 0.6) is 5.75 Å². The molecule has 2 heterocycles. The van der Waals surface area contributed by atoms with Crippen LogP contribution in [0.1, 0.15) is 48.4 Å². The summed E-state index contributed by atoms with van der Waals surface area (Å²) in [6.45, 7) is 2.03. The number of carbonyl (C=O) groups excluding carboxylic acids is 1. The maximum atomic E-state index is 12.8. The quantitative estimate of drug-likeness (QED) is 0.641. The van der Waals surface area contributed by atoms with Crippen LogP contribution in [-0.4, -0.2) is 33.7 Å². The van der Waals surface area contributed by atoms with Gasteiger partial charge in [-0.05, 0) is 18.8 Å². The number of hydrogen-bond donors (Lipinski definition) is 0. The molecule has 2 aromatic heterocycles. The highest BCUT2D eigenvalue weighted by atomic mass is 35.5. The Labute approximate surface area is 158 Å². The molecule has 0 spiro atoms. The van der Waals surface area contributed by atoms with E-state index in [4.69, 9.17) is 16.1 Å². The Kier molecular flexibility index (Phi) is 5.16. The van der Waals surface area contributed by atoms with Gasteiger partial charge in [0.2, 0.25) is 5.89 Å². The van der Waals surface area contributed by atoms with E-state index in [2.05, 4.69) is 19.9 Å². The fourth-order valence-electron chi connectivity index (χ4n) is 2.92. The fourth-order valence-corrected chi connectivity index (χ4v) is 3.08. The highest BCUT2D eigenvalue weighted by Gasteiger charge is 2.47. The zero-order chi connectivity index (χ0) is 19.8. The molecule has 0 amide bonds. The summed E-state index contributed by atoms with van der Waals surface area (Å²) in [6, 6.07) is 1.13. The molecule has 1 aliphatic rings. The van der Waals surface area contributed by atoms with Crippen molar-refractivity contribution in [2.45, 2.75) is 44.7 Å². The molecule has 0 radical (unpaired) electrons. The first kappa shape index (κ1) is 19.6. The second kappa shape index (κ2) is 7.10. The number of Topliss-reactive ketones (excluding diaryl/α,β-unsaturated/α-hetero) is 1. The molecule has 2 aromatic rings. The second-order valence-corrected chi connectivity index (χ2v) is 7.24. The monoisotopic (exact) mass is 403 g/mol. The van der Waals surface area contributed by atoms with Gasteiger partial charge in [-0.2, -0.15) is 18.2 Å². The third-order valence-electron chi connectivity index (χ3n) is 4.54. The Hall–Kier alpha value is -2.16. The topological polar surface area (TPSA) is 78.1 Å². The molecule has 0 aliphatic heterocycles. The highest BCUT2D eigenvalue weighted by Crippen LogP contribution is 2.48. The minimum absolute atomic E-state index is 0.0244. The molecule has 0 bridgehead atoms. The van der Waals surface area contributed by atoms with Crippen LogP contribution in [0.2, 0.25) is 5.02 Å². The van der Waals surface area contributed by atoms with E-state index >= 15 is 0 Å². The number of ether oxygens (including phenoxy) is 1. The van der Waals surface area contributed by atoms with Crippen LogP contribution < -0.4 is 4.74 Å². The summed E-state index contributed by atoms with van der Waals surface area (Å²) in [4.78, 5) is 21.0. The van der Waals surface area contributed by atoms with Crippen molar-refractivity contribution < 1.29 is 27.2 Å². The number of hydrogen-bond acceptors (Lipinski definition) is 6. The van der Waals surface area contributed by atoms with Crippen LogP contribution in [0.15, 0.2) is 16.8 Å². The summed E-state index contributed by atoms with van der Waals surface area (Å²) in [5, 5.41) is 3.85. The lowest BCUT2D eigenvalue weighted by Gasteiger charge is -2.25. The van der Waals surface area contributed by atoms with Crippen molar-refractivity contribution in [3.05, 3.63) is 34.7 Å². The maximum Gasteiger partial charge on any atom is 0.422 e. The van der Waals surface area contributed by atoms with Crippen molar-refractivity contribution >= 4 is 17.4 Å². The number of aromatic nitrogens is 3. The Bertz CT molecular complexity index is 851.